The van der Waals surface area contributed by atoms with Gasteiger partial charge in [0.25, 0.3) is 0 Å². The van der Waals surface area contributed by atoms with Crippen molar-refractivity contribution in [3.8, 4) is 0 Å². The topological polar surface area (TPSA) is 64.0 Å². The third kappa shape index (κ3) is 2.30. The van der Waals surface area contributed by atoms with E-state index in [0.29, 0.717) is 5.92 Å². The van der Waals surface area contributed by atoms with Gasteiger partial charge in [-0.25, -0.2) is 4.79 Å². The molecule has 2 N–H and O–H groups in total. The maximum atomic E-state index is 12.0. The number of aliphatic hydroxyl groups is 2. The van der Waals surface area contributed by atoms with Gasteiger partial charge in [-0.3, -0.25) is 0 Å². The van der Waals surface area contributed by atoms with Crippen LogP contribution in [0.25, 0.3) is 0 Å². The predicted octanol–water partition coefficient (Wildman–Crippen LogP) is -0.124. The summed E-state index contributed by atoms with van der Waals surface area (Å²) < 4.78 is 0. The maximum Gasteiger partial charge on any atom is 0.320 e. The first kappa shape index (κ1) is 11.7. The van der Waals surface area contributed by atoms with Crippen molar-refractivity contribution in [1.29, 1.82) is 0 Å². The van der Waals surface area contributed by atoms with E-state index in [0.717, 1.165) is 25.9 Å². The highest BCUT2D eigenvalue weighted by Crippen LogP contribution is 2.19. The number of rotatable bonds is 0. The summed E-state index contributed by atoms with van der Waals surface area (Å²) in [6.07, 6.45) is 0.523. The number of carbonyl (C=O) groups excluding carboxylic acids is 1. The average molecular weight is 228 g/mol. The number of carbonyl (C=O) groups is 1. The van der Waals surface area contributed by atoms with Gasteiger partial charge in [0.2, 0.25) is 0 Å². The molecule has 2 saturated heterocycles. The van der Waals surface area contributed by atoms with Crippen molar-refractivity contribution in [1.82, 2.24) is 9.80 Å². The Morgan fingerprint density at radius 2 is 1.56 bits per heavy atom. The van der Waals surface area contributed by atoms with Gasteiger partial charge in [-0.1, -0.05) is 6.92 Å². The molecule has 2 atom stereocenters. The summed E-state index contributed by atoms with van der Waals surface area (Å²) in [6.45, 7) is 4.30. The van der Waals surface area contributed by atoms with Crippen molar-refractivity contribution in [2.45, 2.75) is 32.0 Å². The van der Waals surface area contributed by atoms with E-state index >= 15 is 0 Å². The molecule has 2 heterocycles. The number of nitrogens with zero attached hydrogens (tertiary/aromatic N) is 2. The van der Waals surface area contributed by atoms with E-state index in [-0.39, 0.29) is 19.1 Å². The standard InChI is InChI=1S/C11H20N2O3/c1-8-2-4-12(5-3-8)11(16)13-6-9(14)10(15)7-13/h8-10,14-15H,2-7H2,1H3. The fraction of sp³-hybridized carbons (Fsp3) is 0.909. The normalized spacial score (nSPS) is 32.2. The minimum absolute atomic E-state index is 0.0394. The first-order valence-corrected chi connectivity index (χ1v) is 5.98. The quantitative estimate of drug-likeness (QED) is 0.607. The Labute approximate surface area is 95.6 Å². The molecule has 2 unspecified atom stereocenters. The summed E-state index contributed by atoms with van der Waals surface area (Å²) in [6, 6.07) is -0.0394. The van der Waals surface area contributed by atoms with Crippen LogP contribution in [0.3, 0.4) is 0 Å². The SMILES string of the molecule is CC1CCN(C(=O)N2CC(O)C(O)C2)CC1. The van der Waals surface area contributed by atoms with Gasteiger partial charge < -0.3 is 20.0 Å². The van der Waals surface area contributed by atoms with Gasteiger partial charge >= 0.3 is 6.03 Å². The highest BCUT2D eigenvalue weighted by molar-refractivity contribution is 5.75. The lowest BCUT2D eigenvalue weighted by Crippen LogP contribution is -2.46. The van der Waals surface area contributed by atoms with Crippen LogP contribution in [0, 0.1) is 5.92 Å². The van der Waals surface area contributed by atoms with Crippen LogP contribution in [-0.2, 0) is 0 Å². The molecule has 0 bridgehead atoms. The number of piperidine rings is 1. The molecule has 0 radical (unpaired) electrons. The third-order valence-electron chi connectivity index (χ3n) is 3.58. The lowest BCUT2D eigenvalue weighted by atomic mass is 10.00. The van der Waals surface area contributed by atoms with Gasteiger partial charge in [0.05, 0.1) is 25.3 Å². The molecule has 92 valence electrons. The predicted molar refractivity (Wildman–Crippen MR) is 59.0 cm³/mol. The molecule has 16 heavy (non-hydrogen) atoms. The number of β-amino-alcohol motifs (C(OH)–C–C–N with tert-alkyl or cyclic N) is 2. The first-order valence-electron chi connectivity index (χ1n) is 5.98. The molecule has 2 fully saturated rings. The van der Waals surface area contributed by atoms with E-state index in [1.54, 1.807) is 4.90 Å². The molecule has 5 nitrogen and oxygen atoms in total. The number of aliphatic hydroxyl groups excluding tert-OH is 2. The third-order valence-corrected chi connectivity index (χ3v) is 3.58. The zero-order valence-corrected chi connectivity index (χ0v) is 9.67. The van der Waals surface area contributed by atoms with Gasteiger partial charge in [-0.2, -0.15) is 0 Å². The van der Waals surface area contributed by atoms with Gasteiger partial charge in [0.1, 0.15) is 0 Å². The molecule has 0 aromatic carbocycles. The molecular formula is C11H20N2O3. The Hall–Kier alpha value is -0.810. The van der Waals surface area contributed by atoms with Crippen LogP contribution < -0.4 is 0 Å². The van der Waals surface area contributed by atoms with Crippen molar-refractivity contribution in [2.75, 3.05) is 26.2 Å². The Morgan fingerprint density at radius 3 is 2.06 bits per heavy atom. The molecule has 5 heteroatoms. The summed E-state index contributed by atoms with van der Waals surface area (Å²) in [5, 5.41) is 18.8. The van der Waals surface area contributed by atoms with Gasteiger partial charge in [0, 0.05) is 13.1 Å². The number of amides is 2. The Bertz CT molecular complexity index is 254. The minimum Gasteiger partial charge on any atom is -0.388 e. The highest BCUT2D eigenvalue weighted by atomic mass is 16.3. The van der Waals surface area contributed by atoms with Gasteiger partial charge in [-0.15, -0.1) is 0 Å². The lowest BCUT2D eigenvalue weighted by Gasteiger charge is -2.33. The van der Waals surface area contributed by atoms with Gasteiger partial charge in [0.15, 0.2) is 0 Å². The van der Waals surface area contributed by atoms with E-state index in [4.69, 9.17) is 0 Å². The molecule has 0 aromatic rings. The van der Waals surface area contributed by atoms with Crippen LogP contribution in [0.2, 0.25) is 0 Å². The van der Waals surface area contributed by atoms with Crippen molar-refractivity contribution >= 4 is 6.03 Å². The molecule has 2 rings (SSSR count). The summed E-state index contributed by atoms with van der Waals surface area (Å²) >= 11 is 0. The fourth-order valence-electron chi connectivity index (χ4n) is 2.33. The van der Waals surface area contributed by atoms with Crippen LogP contribution in [0.15, 0.2) is 0 Å². The van der Waals surface area contributed by atoms with Crippen molar-refractivity contribution < 1.29 is 15.0 Å². The van der Waals surface area contributed by atoms with Crippen LogP contribution >= 0.6 is 0 Å². The van der Waals surface area contributed by atoms with Crippen LogP contribution in [0.4, 0.5) is 4.79 Å². The van der Waals surface area contributed by atoms with Crippen LogP contribution in [0.5, 0.6) is 0 Å². The average Bonchev–Trinajstić information content (AvgIpc) is 2.59. The molecule has 0 saturated carbocycles. The molecule has 2 aliphatic heterocycles. The number of hydrogen-bond donors (Lipinski definition) is 2. The van der Waals surface area contributed by atoms with E-state index in [1.165, 1.54) is 0 Å². The molecule has 0 aliphatic carbocycles. The fourth-order valence-corrected chi connectivity index (χ4v) is 2.33. The molecule has 0 aromatic heterocycles. The van der Waals surface area contributed by atoms with Crippen molar-refractivity contribution in [3.05, 3.63) is 0 Å². The lowest BCUT2D eigenvalue weighted by molar-refractivity contribution is 0.0572. The van der Waals surface area contributed by atoms with Crippen molar-refractivity contribution in [3.63, 3.8) is 0 Å². The second-order valence-corrected chi connectivity index (χ2v) is 4.99. The summed E-state index contributed by atoms with van der Waals surface area (Å²) in [4.78, 5) is 15.4. The highest BCUT2D eigenvalue weighted by Gasteiger charge is 2.35. The van der Waals surface area contributed by atoms with E-state index < -0.39 is 12.2 Å². The van der Waals surface area contributed by atoms with E-state index in [1.807, 2.05) is 4.90 Å². The smallest absolute Gasteiger partial charge is 0.320 e. The number of urea groups is 1. The summed E-state index contributed by atoms with van der Waals surface area (Å²) in [5.41, 5.74) is 0. The van der Waals surface area contributed by atoms with Gasteiger partial charge in [-0.05, 0) is 18.8 Å². The van der Waals surface area contributed by atoms with Crippen LogP contribution in [-0.4, -0.2) is 64.4 Å². The summed E-state index contributed by atoms with van der Waals surface area (Å²) in [7, 11) is 0. The molecule has 0 spiro atoms. The van der Waals surface area contributed by atoms with Crippen molar-refractivity contribution in [2.24, 2.45) is 5.92 Å². The summed E-state index contributed by atoms with van der Waals surface area (Å²) in [5.74, 6) is 0.693. The zero-order valence-electron chi connectivity index (χ0n) is 9.67. The second kappa shape index (κ2) is 4.59. The first-order chi connectivity index (χ1) is 7.58. The monoisotopic (exact) mass is 228 g/mol. The minimum atomic E-state index is -0.785. The van der Waals surface area contributed by atoms with E-state index in [2.05, 4.69) is 6.92 Å². The maximum absolute atomic E-state index is 12.0. The zero-order chi connectivity index (χ0) is 11.7. The second-order valence-electron chi connectivity index (χ2n) is 4.99. The van der Waals surface area contributed by atoms with E-state index in [9.17, 15) is 15.0 Å². The molecule has 2 amide bonds. The number of likely N-dealkylation sites (tertiary alicyclic amines) is 2. The number of hydrogen-bond acceptors (Lipinski definition) is 3. The Morgan fingerprint density at radius 1 is 1.06 bits per heavy atom. The molecular weight excluding hydrogens is 208 g/mol. The Kier molecular flexibility index (Phi) is 3.35. The Balaban J connectivity index is 1.88. The molecule has 2 aliphatic rings. The van der Waals surface area contributed by atoms with Crippen LogP contribution in [0.1, 0.15) is 19.8 Å². The largest absolute Gasteiger partial charge is 0.388 e.